The molecule has 92 valence electrons. The summed E-state index contributed by atoms with van der Waals surface area (Å²) in [6.45, 7) is 4.92. The van der Waals surface area contributed by atoms with E-state index in [0.29, 0.717) is 19.0 Å². The zero-order valence-corrected chi connectivity index (χ0v) is 10.5. The fourth-order valence-corrected chi connectivity index (χ4v) is 1.91. The Bertz CT molecular complexity index is 239. The number of nitrogens with one attached hydrogen (secondary N) is 1. The molecule has 0 saturated heterocycles. The van der Waals surface area contributed by atoms with Crippen molar-refractivity contribution in [3.63, 3.8) is 0 Å². The molecule has 0 amide bonds. The van der Waals surface area contributed by atoms with Gasteiger partial charge in [-0.1, -0.05) is 26.2 Å². The van der Waals surface area contributed by atoms with Crippen LogP contribution in [0.5, 0.6) is 0 Å². The summed E-state index contributed by atoms with van der Waals surface area (Å²) in [5.41, 5.74) is 0. The van der Waals surface area contributed by atoms with Crippen LogP contribution in [0.3, 0.4) is 0 Å². The van der Waals surface area contributed by atoms with E-state index in [2.05, 4.69) is 19.2 Å². The van der Waals surface area contributed by atoms with E-state index in [9.17, 15) is 8.42 Å². The summed E-state index contributed by atoms with van der Waals surface area (Å²) in [6.07, 6.45) is 5.27. The summed E-state index contributed by atoms with van der Waals surface area (Å²) >= 11 is 0. The molecule has 0 saturated carbocycles. The molecule has 0 bridgehead atoms. The Labute approximate surface area is 93.2 Å². The molecule has 4 nitrogen and oxygen atoms in total. The van der Waals surface area contributed by atoms with Crippen LogP contribution in [0, 0.1) is 0 Å². The van der Waals surface area contributed by atoms with Crippen molar-refractivity contribution in [2.75, 3.05) is 12.3 Å². The largest absolute Gasteiger partial charge is 0.314 e. The maximum Gasteiger partial charge on any atom is 0.264 e. The first-order chi connectivity index (χ1) is 6.95. The van der Waals surface area contributed by atoms with Gasteiger partial charge >= 0.3 is 0 Å². The molecule has 0 fully saturated rings. The molecule has 5 heteroatoms. The van der Waals surface area contributed by atoms with Gasteiger partial charge in [-0.25, -0.2) is 0 Å². The lowest BCUT2D eigenvalue weighted by molar-refractivity contribution is 0.468. The molecule has 0 unspecified atom stereocenters. The molecular weight excluding hydrogens is 214 g/mol. The smallest absolute Gasteiger partial charge is 0.264 e. The van der Waals surface area contributed by atoms with Gasteiger partial charge in [-0.3, -0.25) is 4.55 Å². The van der Waals surface area contributed by atoms with Crippen LogP contribution in [0.4, 0.5) is 0 Å². The molecule has 0 aromatic rings. The topological polar surface area (TPSA) is 66.4 Å². The molecule has 0 radical (unpaired) electrons. The van der Waals surface area contributed by atoms with Gasteiger partial charge in [-0.15, -0.1) is 0 Å². The lowest BCUT2D eigenvalue weighted by Crippen LogP contribution is -2.28. The molecule has 0 aliphatic rings. The summed E-state index contributed by atoms with van der Waals surface area (Å²) in [6, 6.07) is 0.429. The third-order valence-electron chi connectivity index (χ3n) is 2.31. The van der Waals surface area contributed by atoms with E-state index in [0.717, 1.165) is 6.42 Å². The average Bonchev–Trinajstić information content (AvgIpc) is 2.11. The lowest BCUT2D eigenvalue weighted by Gasteiger charge is -2.12. The van der Waals surface area contributed by atoms with Gasteiger partial charge in [-0.2, -0.15) is 8.42 Å². The Morgan fingerprint density at radius 1 is 1.27 bits per heavy atom. The summed E-state index contributed by atoms with van der Waals surface area (Å²) in [4.78, 5) is 0. The van der Waals surface area contributed by atoms with Crippen molar-refractivity contribution in [1.29, 1.82) is 0 Å². The Morgan fingerprint density at radius 2 is 1.93 bits per heavy atom. The molecule has 15 heavy (non-hydrogen) atoms. The third kappa shape index (κ3) is 11.8. The molecule has 0 rings (SSSR count). The molecule has 0 aromatic carbocycles. The van der Waals surface area contributed by atoms with Crippen molar-refractivity contribution in [2.24, 2.45) is 0 Å². The Kier molecular flexibility index (Phi) is 8.00. The van der Waals surface area contributed by atoms with Gasteiger partial charge in [0.05, 0.1) is 5.75 Å². The second-order valence-corrected chi connectivity index (χ2v) is 5.56. The van der Waals surface area contributed by atoms with Crippen molar-refractivity contribution in [1.82, 2.24) is 5.32 Å². The Morgan fingerprint density at radius 3 is 2.47 bits per heavy atom. The zero-order valence-electron chi connectivity index (χ0n) is 9.70. The normalized spacial score (nSPS) is 14.1. The van der Waals surface area contributed by atoms with Crippen LogP contribution in [0.1, 0.15) is 46.0 Å². The third-order valence-corrected chi connectivity index (χ3v) is 3.12. The van der Waals surface area contributed by atoms with Crippen LogP contribution < -0.4 is 5.32 Å². The molecule has 0 spiro atoms. The SMILES string of the molecule is CCCCC[C@@H](C)NCCCS(=O)(=O)O. The van der Waals surface area contributed by atoms with Crippen molar-refractivity contribution < 1.29 is 13.0 Å². The van der Waals surface area contributed by atoms with Crippen LogP contribution in [0.25, 0.3) is 0 Å². The van der Waals surface area contributed by atoms with E-state index in [1.165, 1.54) is 19.3 Å². The van der Waals surface area contributed by atoms with Gasteiger partial charge in [0.2, 0.25) is 0 Å². The fraction of sp³-hybridized carbons (Fsp3) is 1.00. The summed E-state index contributed by atoms with van der Waals surface area (Å²) in [7, 11) is -3.78. The lowest BCUT2D eigenvalue weighted by atomic mass is 10.1. The first-order valence-electron chi connectivity index (χ1n) is 5.64. The second-order valence-electron chi connectivity index (χ2n) is 3.99. The van der Waals surface area contributed by atoms with E-state index in [-0.39, 0.29) is 5.75 Å². The van der Waals surface area contributed by atoms with Crippen molar-refractivity contribution in [3.05, 3.63) is 0 Å². The van der Waals surface area contributed by atoms with Crippen LogP contribution in [-0.4, -0.2) is 31.3 Å². The molecule has 0 aliphatic heterocycles. The van der Waals surface area contributed by atoms with Gasteiger partial charge in [0, 0.05) is 6.04 Å². The first-order valence-corrected chi connectivity index (χ1v) is 7.25. The minimum Gasteiger partial charge on any atom is -0.314 e. The molecule has 1 atom stereocenters. The van der Waals surface area contributed by atoms with E-state index >= 15 is 0 Å². The van der Waals surface area contributed by atoms with E-state index in [1.807, 2.05) is 0 Å². The first kappa shape index (κ1) is 14.9. The number of hydrogen-bond acceptors (Lipinski definition) is 3. The zero-order chi connectivity index (χ0) is 11.7. The van der Waals surface area contributed by atoms with E-state index < -0.39 is 10.1 Å². The van der Waals surface area contributed by atoms with Crippen molar-refractivity contribution >= 4 is 10.1 Å². The standard InChI is InChI=1S/C10H23NO3S/c1-3-4-5-7-10(2)11-8-6-9-15(12,13)14/h10-11H,3-9H2,1-2H3,(H,12,13,14)/t10-/m1/s1. The van der Waals surface area contributed by atoms with Gasteiger partial charge in [0.15, 0.2) is 0 Å². The average molecular weight is 237 g/mol. The minimum atomic E-state index is -3.78. The highest BCUT2D eigenvalue weighted by Gasteiger charge is 2.04. The molecule has 0 aromatic heterocycles. The quantitative estimate of drug-likeness (QED) is 0.474. The van der Waals surface area contributed by atoms with E-state index in [1.54, 1.807) is 0 Å². The van der Waals surface area contributed by atoms with Crippen LogP contribution in [-0.2, 0) is 10.1 Å². The van der Waals surface area contributed by atoms with E-state index in [4.69, 9.17) is 4.55 Å². The molecule has 2 N–H and O–H groups in total. The van der Waals surface area contributed by atoms with Gasteiger partial charge in [0.1, 0.15) is 0 Å². The highest BCUT2D eigenvalue weighted by molar-refractivity contribution is 7.85. The van der Waals surface area contributed by atoms with Crippen LogP contribution in [0.15, 0.2) is 0 Å². The van der Waals surface area contributed by atoms with Crippen LogP contribution in [0.2, 0.25) is 0 Å². The highest BCUT2D eigenvalue weighted by atomic mass is 32.2. The maximum absolute atomic E-state index is 10.4. The molecular formula is C10H23NO3S. The summed E-state index contributed by atoms with van der Waals surface area (Å²) in [5.74, 6) is -0.151. The Hall–Kier alpha value is -0.130. The van der Waals surface area contributed by atoms with Crippen LogP contribution >= 0.6 is 0 Å². The summed E-state index contributed by atoms with van der Waals surface area (Å²) in [5, 5.41) is 3.24. The Balaban J connectivity index is 3.35. The van der Waals surface area contributed by atoms with Gasteiger partial charge in [0.25, 0.3) is 10.1 Å². The predicted octanol–water partition coefficient (Wildman–Crippen LogP) is 1.82. The number of rotatable bonds is 9. The second kappa shape index (κ2) is 8.07. The van der Waals surface area contributed by atoms with Crippen molar-refractivity contribution in [3.8, 4) is 0 Å². The fourth-order valence-electron chi connectivity index (χ4n) is 1.41. The number of unbranched alkanes of at least 4 members (excludes halogenated alkanes) is 2. The predicted molar refractivity (Wildman–Crippen MR) is 62.6 cm³/mol. The van der Waals surface area contributed by atoms with Gasteiger partial charge < -0.3 is 5.32 Å². The number of hydrogen-bond donors (Lipinski definition) is 2. The molecule has 0 aliphatic carbocycles. The summed E-state index contributed by atoms with van der Waals surface area (Å²) < 4.78 is 29.3. The maximum atomic E-state index is 10.4. The minimum absolute atomic E-state index is 0.151. The highest BCUT2D eigenvalue weighted by Crippen LogP contribution is 2.02. The molecule has 0 heterocycles. The monoisotopic (exact) mass is 237 g/mol. The van der Waals surface area contributed by atoms with Crippen molar-refractivity contribution in [2.45, 2.75) is 52.0 Å². The van der Waals surface area contributed by atoms with Gasteiger partial charge in [-0.05, 0) is 26.3 Å².